The summed E-state index contributed by atoms with van der Waals surface area (Å²) in [5, 5.41) is 0. The average Bonchev–Trinajstić information content (AvgIpc) is 2.57. The molecule has 1 heterocycles. The molecule has 1 aliphatic carbocycles. The van der Waals surface area contributed by atoms with Gasteiger partial charge >= 0.3 is 6.03 Å². The second-order valence-electron chi connectivity index (χ2n) is 5.18. The molecule has 0 bridgehead atoms. The van der Waals surface area contributed by atoms with Gasteiger partial charge < -0.3 is 15.5 Å². The summed E-state index contributed by atoms with van der Waals surface area (Å²) in [6.07, 6.45) is 5.34. The Balaban J connectivity index is 1.97. The summed E-state index contributed by atoms with van der Waals surface area (Å²) in [6.45, 7) is 3.06. The zero-order valence-corrected chi connectivity index (χ0v) is 10.4. The van der Waals surface area contributed by atoms with Gasteiger partial charge in [0.2, 0.25) is 0 Å². The fraction of sp³-hybridized carbons (Fsp3) is 0.917. The van der Waals surface area contributed by atoms with Crippen molar-refractivity contribution < 1.29 is 4.79 Å². The lowest BCUT2D eigenvalue weighted by molar-refractivity contribution is 0.164. The first-order valence-electron chi connectivity index (χ1n) is 6.42. The van der Waals surface area contributed by atoms with Gasteiger partial charge in [-0.25, -0.2) is 4.79 Å². The van der Waals surface area contributed by atoms with Gasteiger partial charge in [0.05, 0.1) is 6.04 Å². The van der Waals surface area contributed by atoms with E-state index in [2.05, 4.69) is 11.8 Å². The number of nitrogens with zero attached hydrogens (tertiary/aromatic N) is 2. The van der Waals surface area contributed by atoms with Crippen LogP contribution in [0.4, 0.5) is 4.79 Å². The molecule has 1 atom stereocenters. The van der Waals surface area contributed by atoms with Crippen molar-refractivity contribution in [2.75, 3.05) is 13.6 Å². The van der Waals surface area contributed by atoms with Crippen molar-refractivity contribution in [3.63, 3.8) is 0 Å². The monoisotopic (exact) mass is 225 g/mol. The van der Waals surface area contributed by atoms with Crippen LogP contribution in [0.2, 0.25) is 0 Å². The Morgan fingerprint density at radius 2 is 1.94 bits per heavy atom. The van der Waals surface area contributed by atoms with E-state index in [9.17, 15) is 4.79 Å². The molecule has 2 amide bonds. The Morgan fingerprint density at radius 1 is 1.31 bits per heavy atom. The summed E-state index contributed by atoms with van der Waals surface area (Å²) in [5.74, 6) is 0. The second kappa shape index (κ2) is 4.62. The van der Waals surface area contributed by atoms with E-state index in [1.807, 2.05) is 11.9 Å². The summed E-state index contributed by atoms with van der Waals surface area (Å²) >= 11 is 0. The molecule has 16 heavy (non-hydrogen) atoms. The zero-order valence-electron chi connectivity index (χ0n) is 10.4. The van der Waals surface area contributed by atoms with E-state index in [0.29, 0.717) is 18.1 Å². The summed E-state index contributed by atoms with van der Waals surface area (Å²) in [5.41, 5.74) is 5.90. The molecular weight excluding hydrogens is 202 g/mol. The van der Waals surface area contributed by atoms with Gasteiger partial charge in [0.1, 0.15) is 0 Å². The van der Waals surface area contributed by atoms with Crippen LogP contribution < -0.4 is 5.73 Å². The van der Waals surface area contributed by atoms with Gasteiger partial charge in [-0.1, -0.05) is 6.92 Å². The lowest BCUT2D eigenvalue weighted by atomic mass is 9.91. The number of hydrogen-bond acceptors (Lipinski definition) is 2. The predicted octanol–water partition coefficient (Wildman–Crippen LogP) is 1.40. The lowest BCUT2D eigenvalue weighted by Crippen LogP contribution is -2.42. The maximum absolute atomic E-state index is 12.1. The van der Waals surface area contributed by atoms with Crippen molar-refractivity contribution in [2.45, 2.75) is 57.2 Å². The molecule has 4 heteroatoms. The molecule has 1 saturated heterocycles. The second-order valence-corrected chi connectivity index (χ2v) is 5.18. The molecule has 1 aliphatic heterocycles. The quantitative estimate of drug-likeness (QED) is 0.772. The third kappa shape index (κ3) is 2.03. The first-order chi connectivity index (χ1) is 7.63. The van der Waals surface area contributed by atoms with Crippen molar-refractivity contribution in [3.8, 4) is 0 Å². The number of nitrogens with two attached hydrogens (primary N) is 1. The number of urea groups is 1. The molecule has 2 aliphatic rings. The van der Waals surface area contributed by atoms with E-state index in [0.717, 1.165) is 38.6 Å². The van der Waals surface area contributed by atoms with Crippen molar-refractivity contribution in [2.24, 2.45) is 5.73 Å². The van der Waals surface area contributed by atoms with Gasteiger partial charge in [-0.3, -0.25) is 0 Å². The third-order valence-electron chi connectivity index (χ3n) is 4.16. The van der Waals surface area contributed by atoms with Crippen molar-refractivity contribution in [1.29, 1.82) is 0 Å². The fourth-order valence-corrected chi connectivity index (χ4v) is 2.91. The highest BCUT2D eigenvalue weighted by atomic mass is 16.2. The highest BCUT2D eigenvalue weighted by molar-refractivity contribution is 5.77. The largest absolute Gasteiger partial charge is 0.328 e. The van der Waals surface area contributed by atoms with Gasteiger partial charge in [0, 0.05) is 25.7 Å². The van der Waals surface area contributed by atoms with E-state index in [-0.39, 0.29) is 6.03 Å². The molecular formula is C12H23N3O. The number of rotatable bonds is 2. The number of hydrogen-bond donors (Lipinski definition) is 1. The van der Waals surface area contributed by atoms with Crippen LogP contribution in [-0.4, -0.2) is 47.5 Å². The molecule has 0 aromatic rings. The highest BCUT2D eigenvalue weighted by Gasteiger charge is 2.38. The molecule has 0 aromatic carbocycles. The highest BCUT2D eigenvalue weighted by Crippen LogP contribution is 2.27. The van der Waals surface area contributed by atoms with Crippen LogP contribution in [0.1, 0.15) is 39.0 Å². The SMILES string of the molecule is CCC1CN(C2CCC(N)CC2)C(=O)N1C. The van der Waals surface area contributed by atoms with Crippen molar-refractivity contribution in [1.82, 2.24) is 9.80 Å². The topological polar surface area (TPSA) is 49.6 Å². The number of amides is 2. The van der Waals surface area contributed by atoms with Crippen molar-refractivity contribution >= 4 is 6.03 Å². The molecule has 2 fully saturated rings. The maximum atomic E-state index is 12.1. The van der Waals surface area contributed by atoms with E-state index in [4.69, 9.17) is 5.73 Å². The fourth-order valence-electron chi connectivity index (χ4n) is 2.91. The first kappa shape index (κ1) is 11.7. The van der Waals surface area contributed by atoms with E-state index >= 15 is 0 Å². The molecule has 1 unspecified atom stereocenters. The smallest absolute Gasteiger partial charge is 0.320 e. The molecule has 0 aromatic heterocycles. The summed E-state index contributed by atoms with van der Waals surface area (Å²) in [6, 6.07) is 1.41. The maximum Gasteiger partial charge on any atom is 0.320 e. The molecule has 2 N–H and O–H groups in total. The number of likely N-dealkylation sites (N-methyl/N-ethyl adjacent to an activating group) is 1. The summed E-state index contributed by atoms with van der Waals surface area (Å²) in [4.78, 5) is 16.0. The number of carbonyl (C=O) groups is 1. The van der Waals surface area contributed by atoms with Gasteiger partial charge in [-0.15, -0.1) is 0 Å². The Bertz CT molecular complexity index is 261. The minimum atomic E-state index is 0.215. The van der Waals surface area contributed by atoms with Crippen LogP contribution in [0, 0.1) is 0 Å². The molecule has 1 saturated carbocycles. The van der Waals surface area contributed by atoms with Crippen LogP contribution in [0.3, 0.4) is 0 Å². The molecule has 92 valence electrons. The number of carbonyl (C=O) groups excluding carboxylic acids is 1. The molecule has 2 rings (SSSR count). The molecule has 0 spiro atoms. The minimum Gasteiger partial charge on any atom is -0.328 e. The normalized spacial score (nSPS) is 35.9. The summed E-state index contributed by atoms with van der Waals surface area (Å²) in [7, 11) is 1.92. The molecule has 0 radical (unpaired) electrons. The average molecular weight is 225 g/mol. The van der Waals surface area contributed by atoms with Gasteiger partial charge in [-0.05, 0) is 32.1 Å². The Hall–Kier alpha value is -0.770. The minimum absolute atomic E-state index is 0.215. The Kier molecular flexibility index (Phi) is 3.38. The van der Waals surface area contributed by atoms with Crippen LogP contribution in [0.15, 0.2) is 0 Å². The van der Waals surface area contributed by atoms with E-state index in [1.54, 1.807) is 0 Å². The van der Waals surface area contributed by atoms with Gasteiger partial charge in [0.25, 0.3) is 0 Å². The summed E-state index contributed by atoms with van der Waals surface area (Å²) < 4.78 is 0. The van der Waals surface area contributed by atoms with Crippen LogP contribution >= 0.6 is 0 Å². The molecule has 4 nitrogen and oxygen atoms in total. The van der Waals surface area contributed by atoms with Crippen molar-refractivity contribution in [3.05, 3.63) is 0 Å². The van der Waals surface area contributed by atoms with E-state index < -0.39 is 0 Å². The zero-order chi connectivity index (χ0) is 11.7. The first-order valence-corrected chi connectivity index (χ1v) is 6.42. The van der Waals surface area contributed by atoms with Crippen LogP contribution in [0.25, 0.3) is 0 Å². The van der Waals surface area contributed by atoms with Gasteiger partial charge in [0.15, 0.2) is 0 Å². The van der Waals surface area contributed by atoms with Crippen LogP contribution in [0.5, 0.6) is 0 Å². The lowest BCUT2D eigenvalue weighted by Gasteiger charge is -2.32. The predicted molar refractivity (Wildman–Crippen MR) is 64.2 cm³/mol. The van der Waals surface area contributed by atoms with Crippen LogP contribution in [-0.2, 0) is 0 Å². The Labute approximate surface area is 97.8 Å². The Morgan fingerprint density at radius 3 is 2.44 bits per heavy atom. The third-order valence-corrected chi connectivity index (χ3v) is 4.16. The van der Waals surface area contributed by atoms with E-state index in [1.165, 1.54) is 0 Å². The standard InChI is InChI=1S/C12H23N3O/c1-3-10-8-15(12(16)14(10)2)11-6-4-9(13)5-7-11/h9-11H,3-8,13H2,1-2H3. The van der Waals surface area contributed by atoms with Gasteiger partial charge in [-0.2, -0.15) is 0 Å².